The third-order valence-electron chi connectivity index (χ3n) is 4.69. The Hall–Kier alpha value is -2.34. The maximum absolute atomic E-state index is 14.6. The Bertz CT molecular complexity index is 1080. The van der Waals surface area contributed by atoms with Crippen molar-refractivity contribution in [1.82, 2.24) is 4.57 Å². The minimum absolute atomic E-state index is 0.0920. The van der Waals surface area contributed by atoms with E-state index in [0.717, 1.165) is 11.1 Å². The number of hydrogen-bond donors (Lipinski definition) is 0. The van der Waals surface area contributed by atoms with Crippen LogP contribution in [-0.2, 0) is 6.42 Å². The first-order valence-corrected chi connectivity index (χ1v) is 9.21. The zero-order chi connectivity index (χ0) is 19.9. The average Bonchev–Trinajstić information content (AvgIpc) is 2.60. The highest BCUT2D eigenvalue weighted by atomic mass is 79.9. The van der Waals surface area contributed by atoms with E-state index in [0.29, 0.717) is 17.8 Å². The number of hydrogen-bond acceptors (Lipinski definition) is 1. The summed E-state index contributed by atoms with van der Waals surface area (Å²) in [6, 6.07) is 6.81. The molecule has 0 radical (unpaired) electrons. The van der Waals surface area contributed by atoms with Crippen LogP contribution in [0.4, 0.5) is 13.2 Å². The van der Waals surface area contributed by atoms with E-state index in [1.54, 1.807) is 11.5 Å². The molecule has 0 aliphatic carbocycles. The van der Waals surface area contributed by atoms with Crippen LogP contribution in [0, 0.1) is 31.3 Å². The van der Waals surface area contributed by atoms with Crippen LogP contribution in [0.5, 0.6) is 0 Å². The van der Waals surface area contributed by atoms with E-state index in [-0.39, 0.29) is 27.6 Å². The zero-order valence-electron chi connectivity index (χ0n) is 15.0. The Morgan fingerprint density at radius 2 is 1.70 bits per heavy atom. The summed E-state index contributed by atoms with van der Waals surface area (Å²) in [5, 5.41) is 0. The monoisotopic (exact) mass is 435 g/mol. The molecule has 0 fully saturated rings. The lowest BCUT2D eigenvalue weighted by molar-refractivity contribution is 0.546. The predicted octanol–water partition coefficient (Wildman–Crippen LogP) is 5.86. The van der Waals surface area contributed by atoms with Crippen molar-refractivity contribution in [3.05, 3.63) is 85.4 Å². The van der Waals surface area contributed by atoms with Gasteiger partial charge in [0, 0.05) is 29.6 Å². The van der Waals surface area contributed by atoms with E-state index >= 15 is 0 Å². The highest BCUT2D eigenvalue weighted by molar-refractivity contribution is 9.10. The molecule has 0 atom stereocenters. The zero-order valence-corrected chi connectivity index (χ0v) is 16.6. The van der Waals surface area contributed by atoms with Crippen LogP contribution in [0.25, 0.3) is 16.9 Å². The fourth-order valence-electron chi connectivity index (χ4n) is 3.19. The minimum atomic E-state index is -1.05. The van der Waals surface area contributed by atoms with Crippen LogP contribution in [-0.4, -0.2) is 4.57 Å². The molecule has 0 amide bonds. The van der Waals surface area contributed by atoms with E-state index in [1.165, 1.54) is 6.20 Å². The van der Waals surface area contributed by atoms with Crippen molar-refractivity contribution in [2.45, 2.75) is 27.2 Å². The fraction of sp³-hybridized carbons (Fsp3) is 0.190. The number of halogens is 4. The summed E-state index contributed by atoms with van der Waals surface area (Å²) in [6.07, 6.45) is 1.76. The number of aromatic nitrogens is 1. The lowest BCUT2D eigenvalue weighted by Gasteiger charge is -2.21. The molecule has 1 heterocycles. The summed E-state index contributed by atoms with van der Waals surface area (Å²) >= 11 is 3.25. The molecule has 0 N–H and O–H groups in total. The number of nitrogens with zero attached hydrogens (tertiary/aromatic N) is 1. The first-order chi connectivity index (χ1) is 12.8. The summed E-state index contributed by atoms with van der Waals surface area (Å²) in [7, 11) is 0. The van der Waals surface area contributed by atoms with E-state index in [4.69, 9.17) is 0 Å². The molecule has 140 valence electrons. The molecule has 0 unspecified atom stereocenters. The fourth-order valence-corrected chi connectivity index (χ4v) is 3.63. The van der Waals surface area contributed by atoms with Gasteiger partial charge in [-0.05, 0) is 53.4 Å². The second-order valence-corrected chi connectivity index (χ2v) is 7.17. The summed E-state index contributed by atoms with van der Waals surface area (Å²) in [5.41, 5.74) is 2.15. The first kappa shape index (κ1) is 19.4. The van der Waals surface area contributed by atoms with Gasteiger partial charge in [0.2, 0.25) is 0 Å². The molecule has 1 aromatic heterocycles. The molecule has 3 rings (SSSR count). The van der Waals surface area contributed by atoms with E-state index in [1.807, 2.05) is 32.0 Å². The van der Waals surface area contributed by atoms with Crippen LogP contribution in [0.2, 0.25) is 0 Å². The Balaban J connectivity index is 2.52. The van der Waals surface area contributed by atoms with Gasteiger partial charge in [-0.15, -0.1) is 0 Å². The number of aryl methyl sites for hydroxylation is 1. The van der Waals surface area contributed by atoms with Crippen molar-refractivity contribution in [2.75, 3.05) is 0 Å². The predicted molar refractivity (Wildman–Crippen MR) is 104 cm³/mol. The van der Waals surface area contributed by atoms with Crippen molar-refractivity contribution >= 4 is 15.9 Å². The normalized spacial score (nSPS) is 11.1. The van der Waals surface area contributed by atoms with E-state index < -0.39 is 23.0 Å². The van der Waals surface area contributed by atoms with Gasteiger partial charge in [0.25, 0.3) is 0 Å². The minimum Gasteiger partial charge on any atom is -0.314 e. The SMILES string of the molecule is CCc1c(-c2c(F)cc(F)cc2F)n(-c2cccc(C)c2C)cc(Br)c1=O. The molecular formula is C21H17BrF3NO. The molecule has 2 aromatic carbocycles. The van der Waals surface area contributed by atoms with Gasteiger partial charge < -0.3 is 4.57 Å². The lowest BCUT2D eigenvalue weighted by Crippen LogP contribution is -2.18. The maximum atomic E-state index is 14.6. The first-order valence-electron chi connectivity index (χ1n) is 8.41. The molecule has 6 heteroatoms. The van der Waals surface area contributed by atoms with Gasteiger partial charge in [-0.25, -0.2) is 13.2 Å². The van der Waals surface area contributed by atoms with Crippen molar-refractivity contribution < 1.29 is 13.2 Å². The van der Waals surface area contributed by atoms with Crippen LogP contribution < -0.4 is 5.43 Å². The number of pyridine rings is 1. The quantitative estimate of drug-likeness (QED) is 0.504. The summed E-state index contributed by atoms with van der Waals surface area (Å²) in [5.74, 6) is -3.12. The van der Waals surface area contributed by atoms with Gasteiger partial charge in [-0.2, -0.15) is 0 Å². The van der Waals surface area contributed by atoms with Crippen LogP contribution in [0.3, 0.4) is 0 Å². The summed E-state index contributed by atoms with van der Waals surface area (Å²) < 4.78 is 44.5. The molecule has 0 saturated carbocycles. The Morgan fingerprint density at radius 1 is 1.07 bits per heavy atom. The molecule has 0 aliphatic rings. The van der Waals surface area contributed by atoms with Crippen molar-refractivity contribution in [3.63, 3.8) is 0 Å². The smallest absolute Gasteiger partial charge is 0.199 e. The molecule has 0 spiro atoms. The van der Waals surface area contributed by atoms with E-state index in [9.17, 15) is 18.0 Å². The standard InChI is InChI=1S/C21H17BrF3NO/c1-4-14-20(19-16(24)8-13(23)9-17(19)25)26(10-15(22)21(14)27)18-7-5-6-11(2)12(18)3/h5-10H,4H2,1-3H3. The van der Waals surface area contributed by atoms with Gasteiger partial charge in [-0.1, -0.05) is 19.1 Å². The average molecular weight is 436 g/mol. The second-order valence-electron chi connectivity index (χ2n) is 6.32. The topological polar surface area (TPSA) is 22.0 Å². The number of benzene rings is 2. The number of rotatable bonds is 3. The Morgan fingerprint density at radius 3 is 2.30 bits per heavy atom. The van der Waals surface area contributed by atoms with Crippen LogP contribution >= 0.6 is 15.9 Å². The molecular weight excluding hydrogens is 419 g/mol. The molecule has 2 nitrogen and oxygen atoms in total. The third-order valence-corrected chi connectivity index (χ3v) is 5.26. The molecule has 0 bridgehead atoms. The van der Waals surface area contributed by atoms with Crippen molar-refractivity contribution in [1.29, 1.82) is 0 Å². The van der Waals surface area contributed by atoms with Crippen LogP contribution in [0.15, 0.2) is 45.8 Å². The van der Waals surface area contributed by atoms with Gasteiger partial charge in [0.15, 0.2) is 5.43 Å². The van der Waals surface area contributed by atoms with E-state index in [2.05, 4.69) is 15.9 Å². The van der Waals surface area contributed by atoms with Gasteiger partial charge in [0.05, 0.1) is 15.7 Å². The van der Waals surface area contributed by atoms with Gasteiger partial charge in [0.1, 0.15) is 17.5 Å². The Labute approximate surface area is 163 Å². The molecule has 3 aromatic rings. The molecule has 0 saturated heterocycles. The highest BCUT2D eigenvalue weighted by Gasteiger charge is 2.23. The lowest BCUT2D eigenvalue weighted by atomic mass is 10.00. The highest BCUT2D eigenvalue weighted by Crippen LogP contribution is 2.33. The van der Waals surface area contributed by atoms with Crippen molar-refractivity contribution in [3.8, 4) is 16.9 Å². The van der Waals surface area contributed by atoms with Gasteiger partial charge in [-0.3, -0.25) is 4.79 Å². The van der Waals surface area contributed by atoms with Crippen LogP contribution in [0.1, 0.15) is 23.6 Å². The molecule has 0 aliphatic heterocycles. The maximum Gasteiger partial charge on any atom is 0.199 e. The van der Waals surface area contributed by atoms with Crippen molar-refractivity contribution in [2.24, 2.45) is 0 Å². The molecule has 27 heavy (non-hydrogen) atoms. The summed E-state index contributed by atoms with van der Waals surface area (Å²) in [6.45, 7) is 5.55. The second kappa shape index (κ2) is 7.35. The third kappa shape index (κ3) is 3.34. The summed E-state index contributed by atoms with van der Waals surface area (Å²) in [4.78, 5) is 12.6. The van der Waals surface area contributed by atoms with Gasteiger partial charge >= 0.3 is 0 Å². The Kier molecular flexibility index (Phi) is 5.29. The largest absolute Gasteiger partial charge is 0.314 e.